The first-order valence-electron chi connectivity index (χ1n) is 7.63. The molecule has 0 aromatic carbocycles. The van der Waals surface area contributed by atoms with Crippen LogP contribution in [0.15, 0.2) is 28.4 Å². The van der Waals surface area contributed by atoms with E-state index in [0.717, 1.165) is 0 Å². The van der Waals surface area contributed by atoms with Gasteiger partial charge in [0.15, 0.2) is 10.9 Å². The first kappa shape index (κ1) is 16.4. The second-order valence-electron chi connectivity index (χ2n) is 5.66. The zero-order chi connectivity index (χ0) is 17.1. The van der Waals surface area contributed by atoms with Crippen LogP contribution in [0.2, 0.25) is 0 Å². The molecule has 1 N–H and O–H groups in total. The maximum atomic E-state index is 12.3. The van der Waals surface area contributed by atoms with E-state index < -0.39 is 0 Å². The number of aromatic nitrogens is 1. The third kappa shape index (κ3) is 3.53. The van der Waals surface area contributed by atoms with Crippen molar-refractivity contribution in [3.63, 3.8) is 0 Å². The predicted octanol–water partition coefficient (Wildman–Crippen LogP) is 2.43. The summed E-state index contributed by atoms with van der Waals surface area (Å²) < 4.78 is 4.93. The van der Waals surface area contributed by atoms with Crippen LogP contribution in [0.3, 0.4) is 0 Å². The van der Waals surface area contributed by atoms with Gasteiger partial charge in [0.2, 0.25) is 5.91 Å². The summed E-state index contributed by atoms with van der Waals surface area (Å²) in [5, 5.41) is 4.82. The Kier molecular flexibility index (Phi) is 4.75. The lowest BCUT2D eigenvalue weighted by molar-refractivity contribution is -0.121. The molecule has 1 aliphatic rings. The SMILES string of the molecule is CC(=O)c1csc(NC(=O)C2CCN(C(=O)c3ccoc3)CC2)n1. The Hall–Kier alpha value is -2.48. The number of piperidine rings is 1. The zero-order valence-corrected chi connectivity index (χ0v) is 14.0. The molecule has 0 atom stereocenters. The molecule has 24 heavy (non-hydrogen) atoms. The van der Waals surface area contributed by atoms with Gasteiger partial charge in [-0.3, -0.25) is 14.4 Å². The topological polar surface area (TPSA) is 92.5 Å². The second kappa shape index (κ2) is 6.96. The number of carbonyl (C=O) groups excluding carboxylic acids is 3. The number of hydrogen-bond acceptors (Lipinski definition) is 6. The van der Waals surface area contributed by atoms with Crippen LogP contribution in [0.1, 0.15) is 40.6 Å². The number of rotatable bonds is 4. The standard InChI is InChI=1S/C16H17N3O4S/c1-10(20)13-9-24-16(17-13)18-14(21)11-2-5-19(6-3-11)15(22)12-4-7-23-8-12/h4,7-9,11H,2-3,5-6H2,1H3,(H,17,18,21). The van der Waals surface area contributed by atoms with Crippen molar-refractivity contribution in [3.8, 4) is 0 Å². The van der Waals surface area contributed by atoms with Crippen LogP contribution < -0.4 is 5.32 Å². The minimum atomic E-state index is -0.164. The number of Topliss-reactive ketones (excluding diaryl/α,β-unsaturated/α-hetero) is 1. The molecule has 8 heteroatoms. The maximum absolute atomic E-state index is 12.3. The van der Waals surface area contributed by atoms with E-state index >= 15 is 0 Å². The highest BCUT2D eigenvalue weighted by molar-refractivity contribution is 7.14. The molecule has 126 valence electrons. The maximum Gasteiger partial charge on any atom is 0.257 e. The van der Waals surface area contributed by atoms with Gasteiger partial charge in [0.25, 0.3) is 5.91 Å². The van der Waals surface area contributed by atoms with Crippen molar-refractivity contribution in [2.75, 3.05) is 18.4 Å². The molecule has 0 bridgehead atoms. The molecule has 0 radical (unpaired) electrons. The van der Waals surface area contributed by atoms with Crippen LogP contribution >= 0.6 is 11.3 Å². The summed E-state index contributed by atoms with van der Waals surface area (Å²) in [5.41, 5.74) is 0.883. The Morgan fingerprint density at radius 2 is 2.08 bits per heavy atom. The fourth-order valence-corrected chi connectivity index (χ4v) is 3.37. The lowest BCUT2D eigenvalue weighted by Crippen LogP contribution is -2.41. The molecule has 1 saturated heterocycles. The quantitative estimate of drug-likeness (QED) is 0.858. The van der Waals surface area contributed by atoms with E-state index in [1.807, 2.05) is 0 Å². The van der Waals surface area contributed by atoms with Crippen molar-refractivity contribution >= 4 is 34.1 Å². The molecule has 7 nitrogen and oxygen atoms in total. The molecular weight excluding hydrogens is 330 g/mol. The predicted molar refractivity (Wildman–Crippen MR) is 88.1 cm³/mol. The third-order valence-electron chi connectivity index (χ3n) is 4.02. The monoisotopic (exact) mass is 347 g/mol. The number of furan rings is 1. The molecule has 1 aliphatic heterocycles. The second-order valence-corrected chi connectivity index (χ2v) is 6.52. The van der Waals surface area contributed by atoms with Gasteiger partial charge < -0.3 is 14.6 Å². The summed E-state index contributed by atoms with van der Waals surface area (Å²) in [6.45, 7) is 2.49. The van der Waals surface area contributed by atoms with E-state index in [-0.39, 0.29) is 23.5 Å². The molecule has 0 spiro atoms. The smallest absolute Gasteiger partial charge is 0.257 e. The average Bonchev–Trinajstić information content (AvgIpc) is 3.26. The zero-order valence-electron chi connectivity index (χ0n) is 13.2. The molecular formula is C16H17N3O4S. The van der Waals surface area contributed by atoms with Gasteiger partial charge in [0.1, 0.15) is 12.0 Å². The Balaban J connectivity index is 1.53. The number of nitrogens with zero attached hydrogens (tertiary/aromatic N) is 2. The lowest BCUT2D eigenvalue weighted by atomic mass is 9.95. The van der Waals surface area contributed by atoms with Crippen molar-refractivity contribution in [1.29, 1.82) is 0 Å². The fourth-order valence-electron chi connectivity index (χ4n) is 2.61. The molecule has 0 aliphatic carbocycles. The van der Waals surface area contributed by atoms with Crippen molar-refractivity contribution in [3.05, 3.63) is 35.2 Å². The highest BCUT2D eigenvalue weighted by atomic mass is 32.1. The minimum absolute atomic E-state index is 0.0753. The first-order chi connectivity index (χ1) is 11.5. The first-order valence-corrected chi connectivity index (χ1v) is 8.51. The average molecular weight is 347 g/mol. The van der Waals surface area contributed by atoms with Gasteiger partial charge in [-0.1, -0.05) is 0 Å². The molecule has 2 aromatic rings. The molecule has 2 amide bonds. The molecule has 2 aromatic heterocycles. The van der Waals surface area contributed by atoms with E-state index in [9.17, 15) is 14.4 Å². The van der Waals surface area contributed by atoms with E-state index in [4.69, 9.17) is 4.42 Å². The summed E-state index contributed by atoms with van der Waals surface area (Å²) >= 11 is 1.24. The Morgan fingerprint density at radius 1 is 1.33 bits per heavy atom. The summed E-state index contributed by atoms with van der Waals surface area (Å²) in [5.74, 6) is -0.482. The highest BCUT2D eigenvalue weighted by Gasteiger charge is 2.28. The van der Waals surface area contributed by atoms with E-state index in [2.05, 4.69) is 10.3 Å². The number of amides is 2. The molecule has 1 fully saturated rings. The molecule has 3 rings (SSSR count). The van der Waals surface area contributed by atoms with Crippen LogP contribution in [0.25, 0.3) is 0 Å². The normalized spacial score (nSPS) is 15.3. The van der Waals surface area contributed by atoms with Gasteiger partial charge in [-0.2, -0.15) is 0 Å². The number of hydrogen-bond donors (Lipinski definition) is 1. The number of nitrogens with one attached hydrogen (secondary N) is 1. The third-order valence-corrected chi connectivity index (χ3v) is 4.77. The Bertz CT molecular complexity index is 745. The van der Waals surface area contributed by atoms with Crippen molar-refractivity contribution in [1.82, 2.24) is 9.88 Å². The molecule has 0 saturated carbocycles. The summed E-state index contributed by atoms with van der Waals surface area (Å²) in [7, 11) is 0. The van der Waals surface area contributed by atoms with Gasteiger partial charge in [-0.25, -0.2) is 4.98 Å². The van der Waals surface area contributed by atoms with Gasteiger partial charge in [0, 0.05) is 31.3 Å². The van der Waals surface area contributed by atoms with E-state index in [1.54, 1.807) is 16.3 Å². The van der Waals surface area contributed by atoms with Gasteiger partial charge in [-0.15, -0.1) is 11.3 Å². The Labute approximate surface area is 142 Å². The fraction of sp³-hybridized carbons (Fsp3) is 0.375. The molecule has 0 unspecified atom stereocenters. The minimum Gasteiger partial charge on any atom is -0.472 e. The lowest BCUT2D eigenvalue weighted by Gasteiger charge is -2.30. The van der Waals surface area contributed by atoms with Crippen LogP contribution in [0, 0.1) is 5.92 Å². The van der Waals surface area contributed by atoms with Crippen molar-refractivity contribution in [2.45, 2.75) is 19.8 Å². The van der Waals surface area contributed by atoms with Gasteiger partial charge >= 0.3 is 0 Å². The van der Waals surface area contributed by atoms with Crippen molar-refractivity contribution in [2.24, 2.45) is 5.92 Å². The van der Waals surface area contributed by atoms with Crippen LogP contribution in [0.5, 0.6) is 0 Å². The molecule has 3 heterocycles. The van der Waals surface area contributed by atoms with Crippen LogP contribution in [-0.2, 0) is 4.79 Å². The van der Waals surface area contributed by atoms with Crippen LogP contribution in [0.4, 0.5) is 5.13 Å². The number of carbonyl (C=O) groups is 3. The van der Waals surface area contributed by atoms with Gasteiger partial charge in [0.05, 0.1) is 11.8 Å². The summed E-state index contributed by atoms with van der Waals surface area (Å²) in [6.07, 6.45) is 4.09. The summed E-state index contributed by atoms with van der Waals surface area (Å²) in [4.78, 5) is 41.6. The largest absolute Gasteiger partial charge is 0.472 e. The Morgan fingerprint density at radius 3 is 2.67 bits per heavy atom. The van der Waals surface area contributed by atoms with Gasteiger partial charge in [-0.05, 0) is 18.9 Å². The van der Waals surface area contributed by atoms with E-state index in [1.165, 1.54) is 30.8 Å². The van der Waals surface area contributed by atoms with Crippen LogP contribution in [-0.4, -0.2) is 40.6 Å². The summed E-state index contributed by atoms with van der Waals surface area (Å²) in [6, 6.07) is 1.64. The van der Waals surface area contributed by atoms with Crippen molar-refractivity contribution < 1.29 is 18.8 Å². The number of thiazole rings is 1. The number of likely N-dealkylation sites (tertiary alicyclic amines) is 1. The number of anilines is 1. The van der Waals surface area contributed by atoms with E-state index in [0.29, 0.717) is 42.3 Å². The highest BCUT2D eigenvalue weighted by Crippen LogP contribution is 2.22. The number of ketones is 1.